The number of nitrogens with one attached hydrogen (secondary N) is 3. The van der Waals surface area contributed by atoms with Crippen molar-refractivity contribution >= 4 is 49.4 Å². The molecule has 0 saturated carbocycles. The second-order valence-corrected chi connectivity index (χ2v) is 14.8. The van der Waals surface area contributed by atoms with E-state index < -0.39 is 0 Å². The van der Waals surface area contributed by atoms with E-state index in [4.69, 9.17) is 4.99 Å². The third kappa shape index (κ3) is 5.49. The van der Waals surface area contributed by atoms with Gasteiger partial charge in [0.05, 0.1) is 27.8 Å². The lowest BCUT2D eigenvalue weighted by Crippen LogP contribution is -2.51. The number of allylic oxidation sites excluding steroid dienone is 5. The quantitative estimate of drug-likeness (QED) is 0.160. The second kappa shape index (κ2) is 13.4. The molecule has 6 aromatic carbocycles. The van der Waals surface area contributed by atoms with Gasteiger partial charge in [-0.25, -0.2) is 4.99 Å². The molecule has 0 bridgehead atoms. The van der Waals surface area contributed by atoms with Gasteiger partial charge in [0.1, 0.15) is 24.3 Å². The number of aliphatic imine (C=N–C) groups is 1. The molecular formula is C50H40N6. The van der Waals surface area contributed by atoms with Crippen LogP contribution < -0.4 is 16.0 Å². The number of rotatable bonds is 6. The molecule has 6 nitrogen and oxygen atoms in total. The third-order valence-corrected chi connectivity index (χ3v) is 11.5. The highest BCUT2D eigenvalue weighted by atomic mass is 15.3. The lowest BCUT2D eigenvalue weighted by atomic mass is 9.99. The Kier molecular flexibility index (Phi) is 7.81. The molecule has 1 aliphatic carbocycles. The van der Waals surface area contributed by atoms with Crippen LogP contribution in [0.5, 0.6) is 0 Å². The molecule has 2 aliphatic heterocycles. The summed E-state index contributed by atoms with van der Waals surface area (Å²) in [4.78, 5) is 5.34. The lowest BCUT2D eigenvalue weighted by Gasteiger charge is -2.35. The van der Waals surface area contributed by atoms with E-state index >= 15 is 0 Å². The summed E-state index contributed by atoms with van der Waals surface area (Å²) in [7, 11) is 0. The number of aromatic nitrogens is 2. The van der Waals surface area contributed by atoms with Gasteiger partial charge in [-0.15, -0.1) is 0 Å². The largest absolute Gasteiger partial charge is 0.359 e. The fraction of sp³-hybridized carbons (Fsp3) is 0.100. The Morgan fingerprint density at radius 1 is 0.571 bits per heavy atom. The number of hydrogen-bond donors (Lipinski definition) is 3. The number of nitrogens with zero attached hydrogens (tertiary/aromatic N) is 3. The maximum Gasteiger partial charge on any atom is 0.148 e. The Bertz CT molecular complexity index is 2940. The van der Waals surface area contributed by atoms with Crippen LogP contribution in [0.3, 0.4) is 0 Å². The SMILES string of the molecule is C1=CCCC(C2N=C(C3=CC=CC(n4c5ccccc5c5cc6c7ccccc7n(-c7ccccc7)c6cc54)N3)NC(c3ccc(-c4ccccc4)cc3)N2)=C1. The van der Waals surface area contributed by atoms with Gasteiger partial charge < -0.3 is 19.8 Å². The third-order valence-electron chi connectivity index (χ3n) is 11.5. The van der Waals surface area contributed by atoms with E-state index in [1.54, 1.807) is 0 Å². The van der Waals surface area contributed by atoms with Crippen molar-refractivity contribution in [1.82, 2.24) is 25.1 Å². The highest BCUT2D eigenvalue weighted by Crippen LogP contribution is 2.40. The number of dihydropyridines is 1. The van der Waals surface area contributed by atoms with Crippen molar-refractivity contribution in [1.29, 1.82) is 0 Å². The highest BCUT2D eigenvalue weighted by Gasteiger charge is 2.30. The summed E-state index contributed by atoms with van der Waals surface area (Å²) in [5, 5.41) is 16.5. The highest BCUT2D eigenvalue weighted by molar-refractivity contribution is 6.18. The summed E-state index contributed by atoms with van der Waals surface area (Å²) in [5.41, 5.74) is 11.7. The van der Waals surface area contributed by atoms with Gasteiger partial charge in [0.25, 0.3) is 0 Å². The van der Waals surface area contributed by atoms with Crippen LogP contribution in [0.2, 0.25) is 0 Å². The summed E-state index contributed by atoms with van der Waals surface area (Å²) in [5.74, 6) is 0.850. The van der Waals surface area contributed by atoms with E-state index in [0.717, 1.165) is 35.6 Å². The number of fused-ring (bicyclic) bond motifs is 6. The monoisotopic (exact) mass is 724 g/mol. The topological polar surface area (TPSA) is 58.3 Å². The minimum atomic E-state index is -0.150. The molecule has 8 aromatic rings. The standard InChI is InChI=1S/C50H40N6/c1-4-15-33(16-5-1)34-27-29-36(30-28-34)49-52-48(35-17-6-2-7-18-35)53-50(54-49)42-23-14-26-47(51-42)56-44-25-13-11-22-39(44)41-31-40-38-21-10-12-24-43(38)55(45(40)32-46(41)56)37-19-8-3-9-20-37/h1-6,8-17,19-32,47-49,51-52H,7,18H2,(H,53,54). The molecule has 3 atom stereocenters. The molecule has 0 fully saturated rings. The molecule has 56 heavy (non-hydrogen) atoms. The van der Waals surface area contributed by atoms with Gasteiger partial charge in [-0.05, 0) is 83.7 Å². The van der Waals surface area contributed by atoms with Gasteiger partial charge in [0.2, 0.25) is 0 Å². The van der Waals surface area contributed by atoms with E-state index in [0.29, 0.717) is 0 Å². The molecular weight excluding hydrogens is 685 g/mol. The molecule has 11 rings (SSSR count). The van der Waals surface area contributed by atoms with Gasteiger partial charge in [-0.3, -0.25) is 5.32 Å². The number of hydrogen-bond acceptors (Lipinski definition) is 4. The second-order valence-electron chi connectivity index (χ2n) is 14.8. The molecule has 270 valence electrons. The van der Waals surface area contributed by atoms with Gasteiger partial charge >= 0.3 is 0 Å². The summed E-state index contributed by atoms with van der Waals surface area (Å²) >= 11 is 0. The average molecular weight is 725 g/mol. The lowest BCUT2D eigenvalue weighted by molar-refractivity contribution is 0.421. The molecule has 0 radical (unpaired) electrons. The molecule has 0 spiro atoms. The van der Waals surface area contributed by atoms with E-state index in [1.165, 1.54) is 60.3 Å². The Labute approximate surface area is 325 Å². The zero-order valence-electron chi connectivity index (χ0n) is 30.8. The number of benzene rings is 6. The molecule has 0 amide bonds. The summed E-state index contributed by atoms with van der Waals surface area (Å²) in [6, 6.07) is 52.4. The van der Waals surface area contributed by atoms with E-state index in [9.17, 15) is 0 Å². The summed E-state index contributed by atoms with van der Waals surface area (Å²) in [6.45, 7) is 0. The first-order valence-electron chi connectivity index (χ1n) is 19.5. The van der Waals surface area contributed by atoms with Crippen molar-refractivity contribution in [3.8, 4) is 16.8 Å². The Morgan fingerprint density at radius 3 is 2.05 bits per heavy atom. The van der Waals surface area contributed by atoms with E-state index in [-0.39, 0.29) is 18.5 Å². The van der Waals surface area contributed by atoms with E-state index in [2.05, 4.69) is 207 Å². The van der Waals surface area contributed by atoms with Crippen molar-refractivity contribution in [3.63, 3.8) is 0 Å². The van der Waals surface area contributed by atoms with Crippen LogP contribution in [0.25, 0.3) is 60.4 Å². The van der Waals surface area contributed by atoms with Crippen LogP contribution in [0, 0.1) is 0 Å². The van der Waals surface area contributed by atoms with Crippen LogP contribution >= 0.6 is 0 Å². The minimum absolute atomic E-state index is 0.127. The molecule has 0 saturated heterocycles. The first-order valence-corrected chi connectivity index (χ1v) is 19.5. The Morgan fingerprint density at radius 2 is 1.27 bits per heavy atom. The van der Waals surface area contributed by atoms with Crippen LogP contribution in [-0.2, 0) is 0 Å². The smallest absolute Gasteiger partial charge is 0.148 e. The number of amidine groups is 1. The van der Waals surface area contributed by atoms with Gasteiger partial charge in [-0.1, -0.05) is 133 Å². The first-order chi connectivity index (χ1) is 27.8. The van der Waals surface area contributed by atoms with Gasteiger partial charge in [0.15, 0.2) is 0 Å². The average Bonchev–Trinajstić information content (AvgIpc) is 3.78. The van der Waals surface area contributed by atoms with E-state index in [1.807, 2.05) is 0 Å². The van der Waals surface area contributed by atoms with Crippen molar-refractivity contribution in [2.24, 2.45) is 4.99 Å². The Balaban J connectivity index is 0.999. The molecule has 2 aromatic heterocycles. The van der Waals surface area contributed by atoms with Crippen molar-refractivity contribution in [3.05, 3.63) is 199 Å². The molecule has 3 unspecified atom stereocenters. The fourth-order valence-electron chi connectivity index (χ4n) is 8.83. The first kappa shape index (κ1) is 32.5. The fourth-order valence-corrected chi connectivity index (χ4v) is 8.83. The Hall–Kier alpha value is -6.89. The van der Waals surface area contributed by atoms with Crippen LogP contribution in [0.4, 0.5) is 0 Å². The van der Waals surface area contributed by atoms with Crippen LogP contribution in [0.1, 0.15) is 30.7 Å². The van der Waals surface area contributed by atoms with Crippen molar-refractivity contribution in [2.75, 3.05) is 0 Å². The normalized spacial score (nSPS) is 19.5. The molecule has 4 heterocycles. The molecule has 3 aliphatic rings. The van der Waals surface area contributed by atoms with Crippen LogP contribution in [0.15, 0.2) is 198 Å². The predicted molar refractivity (Wildman–Crippen MR) is 232 cm³/mol. The van der Waals surface area contributed by atoms with Crippen molar-refractivity contribution < 1.29 is 0 Å². The molecule has 6 heteroatoms. The maximum absolute atomic E-state index is 5.34. The predicted octanol–water partition coefficient (Wildman–Crippen LogP) is 11.0. The van der Waals surface area contributed by atoms with Crippen LogP contribution in [-0.4, -0.2) is 21.1 Å². The maximum atomic E-state index is 5.34. The van der Waals surface area contributed by atoms with Gasteiger partial charge in [0, 0.05) is 27.2 Å². The van der Waals surface area contributed by atoms with Crippen molar-refractivity contribution in [2.45, 2.75) is 31.3 Å². The molecule has 3 N–H and O–H groups in total. The zero-order chi connectivity index (χ0) is 37.0. The summed E-state index contributed by atoms with van der Waals surface area (Å²) in [6.07, 6.45) is 14.8. The number of para-hydroxylation sites is 3. The van der Waals surface area contributed by atoms with Gasteiger partial charge in [-0.2, -0.15) is 0 Å². The zero-order valence-corrected chi connectivity index (χ0v) is 30.8. The minimum Gasteiger partial charge on any atom is -0.359 e. The summed E-state index contributed by atoms with van der Waals surface area (Å²) < 4.78 is 4.85.